The fourth-order valence-corrected chi connectivity index (χ4v) is 3.67. The van der Waals surface area contributed by atoms with Crippen LogP contribution in [-0.2, 0) is 27.9 Å². The summed E-state index contributed by atoms with van der Waals surface area (Å²) in [7, 11) is -3.23. The van der Waals surface area contributed by atoms with Crippen molar-refractivity contribution in [1.82, 2.24) is 19.4 Å². The topological polar surface area (TPSA) is 84.3 Å². The fourth-order valence-electron chi connectivity index (χ4n) is 2.76. The highest BCUT2D eigenvalue weighted by Gasteiger charge is 2.30. The third-order valence-corrected chi connectivity index (χ3v) is 5.45. The van der Waals surface area contributed by atoms with Gasteiger partial charge in [0.1, 0.15) is 0 Å². The Kier molecular flexibility index (Phi) is 5.23. The number of carbonyl (C=O) groups is 1. The van der Waals surface area contributed by atoms with E-state index in [2.05, 4.69) is 10.4 Å². The first-order valence-corrected chi connectivity index (χ1v) is 9.42. The molecule has 2 heterocycles. The molecule has 2 rings (SSSR count). The van der Waals surface area contributed by atoms with Gasteiger partial charge in [-0.3, -0.25) is 9.48 Å². The molecule has 0 radical (unpaired) electrons. The van der Waals surface area contributed by atoms with Crippen LogP contribution in [0.15, 0.2) is 6.20 Å². The molecule has 0 aromatic carbocycles. The van der Waals surface area contributed by atoms with E-state index in [0.717, 1.165) is 30.6 Å². The average molecular weight is 328 g/mol. The number of piperidine rings is 1. The van der Waals surface area contributed by atoms with Gasteiger partial charge in [0.25, 0.3) is 0 Å². The number of nitrogens with one attached hydrogen (secondary N) is 1. The van der Waals surface area contributed by atoms with Gasteiger partial charge in [-0.25, -0.2) is 12.7 Å². The average Bonchev–Trinajstić information content (AvgIpc) is 2.84. The molecule has 22 heavy (non-hydrogen) atoms. The van der Waals surface area contributed by atoms with E-state index in [9.17, 15) is 13.2 Å². The SMILES string of the molecule is CCn1ncc(CNC(=O)C2CCCN(S(C)(=O)=O)C2)c1C. The first-order chi connectivity index (χ1) is 10.3. The molecule has 0 aliphatic carbocycles. The zero-order chi connectivity index (χ0) is 16.3. The van der Waals surface area contributed by atoms with Crippen LogP contribution in [-0.4, -0.2) is 47.8 Å². The number of aryl methyl sites for hydroxylation is 1. The second kappa shape index (κ2) is 6.78. The van der Waals surface area contributed by atoms with Crippen molar-refractivity contribution in [3.8, 4) is 0 Å². The lowest BCUT2D eigenvalue weighted by Crippen LogP contribution is -2.44. The Morgan fingerprint density at radius 3 is 2.82 bits per heavy atom. The van der Waals surface area contributed by atoms with Crippen molar-refractivity contribution < 1.29 is 13.2 Å². The second-order valence-corrected chi connectivity index (χ2v) is 7.73. The summed E-state index contributed by atoms with van der Waals surface area (Å²) in [4.78, 5) is 12.3. The minimum atomic E-state index is -3.23. The summed E-state index contributed by atoms with van der Waals surface area (Å²) in [5, 5.41) is 7.15. The number of carbonyl (C=O) groups excluding carboxylic acids is 1. The summed E-state index contributed by atoms with van der Waals surface area (Å²) < 4.78 is 26.5. The molecule has 0 spiro atoms. The molecular weight excluding hydrogens is 304 g/mol. The van der Waals surface area contributed by atoms with E-state index < -0.39 is 10.0 Å². The molecule has 7 nitrogen and oxygen atoms in total. The maximum absolute atomic E-state index is 12.3. The summed E-state index contributed by atoms with van der Waals surface area (Å²) in [6, 6.07) is 0. The minimum absolute atomic E-state index is 0.0861. The standard InChI is InChI=1S/C14H24N4O3S/c1-4-18-11(2)13(9-16-18)8-15-14(19)12-6-5-7-17(10-12)22(3,20)21/h9,12H,4-8,10H2,1-3H3,(H,15,19). The quantitative estimate of drug-likeness (QED) is 0.853. The molecule has 1 aliphatic heterocycles. The van der Waals surface area contributed by atoms with E-state index in [-0.39, 0.29) is 18.4 Å². The molecule has 1 N–H and O–H groups in total. The van der Waals surface area contributed by atoms with E-state index >= 15 is 0 Å². The van der Waals surface area contributed by atoms with Crippen LogP contribution in [0.4, 0.5) is 0 Å². The lowest BCUT2D eigenvalue weighted by Gasteiger charge is -2.30. The Bertz CT molecular complexity index is 639. The van der Waals surface area contributed by atoms with E-state index in [0.29, 0.717) is 13.1 Å². The highest BCUT2D eigenvalue weighted by Crippen LogP contribution is 2.19. The van der Waals surface area contributed by atoms with Crippen molar-refractivity contribution in [3.05, 3.63) is 17.5 Å². The van der Waals surface area contributed by atoms with Gasteiger partial charge in [0.15, 0.2) is 0 Å². The van der Waals surface area contributed by atoms with Crippen LogP contribution in [0.5, 0.6) is 0 Å². The van der Waals surface area contributed by atoms with Crippen LogP contribution in [0.1, 0.15) is 31.0 Å². The van der Waals surface area contributed by atoms with E-state index in [4.69, 9.17) is 0 Å². The van der Waals surface area contributed by atoms with Crippen LogP contribution in [0, 0.1) is 12.8 Å². The van der Waals surface area contributed by atoms with Gasteiger partial charge in [-0.15, -0.1) is 0 Å². The molecule has 0 saturated carbocycles. The first kappa shape index (κ1) is 17.0. The number of sulfonamides is 1. The maximum Gasteiger partial charge on any atom is 0.224 e. The van der Waals surface area contributed by atoms with Crippen LogP contribution < -0.4 is 5.32 Å². The summed E-state index contributed by atoms with van der Waals surface area (Å²) in [5.41, 5.74) is 2.04. The third-order valence-electron chi connectivity index (χ3n) is 4.18. The van der Waals surface area contributed by atoms with E-state index in [1.807, 2.05) is 18.5 Å². The molecule has 1 amide bonds. The smallest absolute Gasteiger partial charge is 0.224 e. The van der Waals surface area contributed by atoms with Crippen molar-refractivity contribution in [2.75, 3.05) is 19.3 Å². The highest BCUT2D eigenvalue weighted by molar-refractivity contribution is 7.88. The Morgan fingerprint density at radius 1 is 1.50 bits per heavy atom. The normalized spacial score (nSPS) is 20.0. The Hall–Kier alpha value is -1.41. The minimum Gasteiger partial charge on any atom is -0.352 e. The zero-order valence-electron chi connectivity index (χ0n) is 13.4. The van der Waals surface area contributed by atoms with Crippen LogP contribution in [0.3, 0.4) is 0 Å². The number of amides is 1. The van der Waals surface area contributed by atoms with Crippen molar-refractivity contribution in [2.24, 2.45) is 5.92 Å². The van der Waals surface area contributed by atoms with Crippen LogP contribution in [0.2, 0.25) is 0 Å². The Balaban J connectivity index is 1.93. The molecule has 124 valence electrons. The van der Waals surface area contributed by atoms with Gasteiger partial charge in [-0.1, -0.05) is 0 Å². The van der Waals surface area contributed by atoms with Crippen molar-refractivity contribution in [1.29, 1.82) is 0 Å². The van der Waals surface area contributed by atoms with E-state index in [1.54, 1.807) is 6.20 Å². The van der Waals surface area contributed by atoms with Crippen molar-refractivity contribution >= 4 is 15.9 Å². The molecule has 0 bridgehead atoms. The van der Waals surface area contributed by atoms with Gasteiger partial charge in [-0.2, -0.15) is 5.10 Å². The Morgan fingerprint density at radius 2 is 2.23 bits per heavy atom. The maximum atomic E-state index is 12.3. The molecule has 1 fully saturated rings. The van der Waals surface area contributed by atoms with Crippen molar-refractivity contribution in [2.45, 2.75) is 39.8 Å². The fraction of sp³-hybridized carbons (Fsp3) is 0.714. The molecule has 1 saturated heterocycles. The number of rotatable bonds is 5. The predicted octanol–water partition coefficient (Wildman–Crippen LogP) is 0.499. The zero-order valence-corrected chi connectivity index (χ0v) is 14.2. The third kappa shape index (κ3) is 3.86. The number of hydrogen-bond acceptors (Lipinski definition) is 4. The summed E-state index contributed by atoms with van der Waals surface area (Å²) in [5.74, 6) is -0.359. The molecule has 1 atom stereocenters. The monoisotopic (exact) mass is 328 g/mol. The van der Waals surface area contributed by atoms with Gasteiger partial charge in [0, 0.05) is 37.4 Å². The second-order valence-electron chi connectivity index (χ2n) is 5.75. The summed E-state index contributed by atoms with van der Waals surface area (Å²) >= 11 is 0. The molecule has 1 aromatic heterocycles. The van der Waals surface area contributed by atoms with Gasteiger partial charge >= 0.3 is 0 Å². The van der Waals surface area contributed by atoms with Gasteiger partial charge in [0.2, 0.25) is 15.9 Å². The van der Waals surface area contributed by atoms with E-state index in [1.165, 1.54) is 10.6 Å². The highest BCUT2D eigenvalue weighted by atomic mass is 32.2. The van der Waals surface area contributed by atoms with Crippen LogP contribution >= 0.6 is 0 Å². The predicted molar refractivity (Wildman–Crippen MR) is 83.6 cm³/mol. The number of nitrogens with zero attached hydrogens (tertiary/aromatic N) is 3. The molecule has 1 unspecified atom stereocenters. The van der Waals surface area contributed by atoms with Crippen molar-refractivity contribution in [3.63, 3.8) is 0 Å². The molecule has 1 aliphatic rings. The molecule has 8 heteroatoms. The van der Waals surface area contributed by atoms with Gasteiger partial charge < -0.3 is 5.32 Å². The molecular formula is C14H24N4O3S. The summed E-state index contributed by atoms with van der Waals surface area (Å²) in [6.45, 7) is 6.00. The van der Waals surface area contributed by atoms with Gasteiger partial charge in [-0.05, 0) is 26.7 Å². The lowest BCUT2D eigenvalue weighted by molar-refractivity contribution is -0.126. The van der Waals surface area contributed by atoms with Gasteiger partial charge in [0.05, 0.1) is 18.4 Å². The largest absolute Gasteiger partial charge is 0.352 e. The Labute approximate surface area is 131 Å². The first-order valence-electron chi connectivity index (χ1n) is 7.57. The van der Waals surface area contributed by atoms with Crippen LogP contribution in [0.25, 0.3) is 0 Å². The number of hydrogen-bond donors (Lipinski definition) is 1. The lowest BCUT2D eigenvalue weighted by atomic mass is 9.99. The number of aromatic nitrogens is 2. The summed E-state index contributed by atoms with van der Waals surface area (Å²) in [6.07, 6.45) is 4.40. The molecule has 1 aromatic rings.